The van der Waals surface area contributed by atoms with Crippen molar-refractivity contribution < 1.29 is 14.4 Å². The Morgan fingerprint density at radius 1 is 1.00 bits per heavy atom. The first-order valence-electron chi connectivity index (χ1n) is 11.1. The molecule has 0 bridgehead atoms. The zero-order chi connectivity index (χ0) is 22.9. The van der Waals surface area contributed by atoms with Crippen LogP contribution in [0.5, 0.6) is 0 Å². The van der Waals surface area contributed by atoms with Crippen molar-refractivity contribution >= 4 is 40.8 Å². The summed E-state index contributed by atoms with van der Waals surface area (Å²) in [4.78, 5) is 47.0. The van der Waals surface area contributed by atoms with E-state index < -0.39 is 0 Å². The maximum atomic E-state index is 13.2. The average molecular weight is 466 g/mol. The highest BCUT2D eigenvalue weighted by Gasteiger charge is 2.42. The molecule has 1 aromatic heterocycles. The van der Waals surface area contributed by atoms with Crippen LogP contribution in [0.1, 0.15) is 23.2 Å². The van der Waals surface area contributed by atoms with E-state index in [0.29, 0.717) is 55.3 Å². The maximum absolute atomic E-state index is 13.2. The fourth-order valence-electron chi connectivity index (χ4n) is 4.64. The SMILES string of the molecule is O=C1NN(c2cccc(C(=O)N3CCN(c4ccc(Cl)cn4)CC3)c2)C(=O)C2CC=CCC12. The lowest BCUT2D eigenvalue weighted by molar-refractivity contribution is -0.139. The molecule has 2 aromatic rings. The lowest BCUT2D eigenvalue weighted by atomic mass is 9.80. The predicted octanol–water partition coefficient (Wildman–Crippen LogP) is 2.66. The van der Waals surface area contributed by atoms with Gasteiger partial charge in [-0.3, -0.25) is 19.8 Å². The number of piperazine rings is 1. The molecule has 0 radical (unpaired) electrons. The number of allylic oxidation sites excluding steroid dienone is 2. The van der Waals surface area contributed by atoms with Gasteiger partial charge >= 0.3 is 0 Å². The summed E-state index contributed by atoms with van der Waals surface area (Å²) >= 11 is 5.92. The first-order valence-corrected chi connectivity index (χ1v) is 11.4. The number of carbonyl (C=O) groups excluding carboxylic acids is 3. The van der Waals surface area contributed by atoms with E-state index in [1.54, 1.807) is 41.4 Å². The van der Waals surface area contributed by atoms with Gasteiger partial charge in [0.05, 0.1) is 22.5 Å². The van der Waals surface area contributed by atoms with Crippen molar-refractivity contribution in [2.75, 3.05) is 36.1 Å². The normalized spacial score (nSPS) is 22.8. The molecule has 9 heteroatoms. The number of hydrogen-bond acceptors (Lipinski definition) is 5. The number of hydrogen-bond donors (Lipinski definition) is 1. The number of hydrazine groups is 1. The smallest absolute Gasteiger partial charge is 0.254 e. The van der Waals surface area contributed by atoms with Crippen LogP contribution in [0.25, 0.3) is 0 Å². The van der Waals surface area contributed by atoms with Crippen LogP contribution >= 0.6 is 11.6 Å². The largest absolute Gasteiger partial charge is 0.353 e. The van der Waals surface area contributed by atoms with Gasteiger partial charge in [0.15, 0.2) is 0 Å². The number of nitrogens with zero attached hydrogens (tertiary/aromatic N) is 4. The van der Waals surface area contributed by atoms with Crippen molar-refractivity contribution in [3.05, 3.63) is 65.3 Å². The van der Waals surface area contributed by atoms with E-state index in [2.05, 4.69) is 15.3 Å². The summed E-state index contributed by atoms with van der Waals surface area (Å²) in [6.45, 7) is 2.44. The van der Waals surface area contributed by atoms with E-state index in [4.69, 9.17) is 11.6 Å². The van der Waals surface area contributed by atoms with Crippen molar-refractivity contribution in [3.63, 3.8) is 0 Å². The summed E-state index contributed by atoms with van der Waals surface area (Å²) < 4.78 is 0. The average Bonchev–Trinajstić information content (AvgIpc) is 2.86. The van der Waals surface area contributed by atoms with E-state index in [1.807, 2.05) is 18.2 Å². The molecule has 8 nitrogen and oxygen atoms in total. The maximum Gasteiger partial charge on any atom is 0.254 e. The molecule has 1 N–H and O–H groups in total. The lowest BCUT2D eigenvalue weighted by Gasteiger charge is -2.38. The van der Waals surface area contributed by atoms with Crippen molar-refractivity contribution in [3.8, 4) is 0 Å². The van der Waals surface area contributed by atoms with Crippen molar-refractivity contribution in [1.29, 1.82) is 0 Å². The van der Waals surface area contributed by atoms with Crippen LogP contribution in [0.4, 0.5) is 11.5 Å². The molecule has 0 spiro atoms. The second-order valence-electron chi connectivity index (χ2n) is 8.47. The minimum atomic E-state index is -0.363. The highest BCUT2D eigenvalue weighted by molar-refractivity contribution is 6.30. The number of amides is 3. The summed E-state index contributed by atoms with van der Waals surface area (Å²) in [5.74, 6) is -0.253. The summed E-state index contributed by atoms with van der Waals surface area (Å²) in [6, 6.07) is 10.6. The van der Waals surface area contributed by atoms with Gasteiger partial charge in [-0.1, -0.05) is 29.8 Å². The number of carbonyl (C=O) groups is 3. The van der Waals surface area contributed by atoms with E-state index in [9.17, 15) is 14.4 Å². The molecule has 2 unspecified atom stereocenters. The van der Waals surface area contributed by atoms with Gasteiger partial charge < -0.3 is 9.80 Å². The molecule has 2 atom stereocenters. The quantitative estimate of drug-likeness (QED) is 0.704. The van der Waals surface area contributed by atoms with Crippen LogP contribution in [0.15, 0.2) is 54.7 Å². The van der Waals surface area contributed by atoms with Crippen LogP contribution < -0.4 is 15.3 Å². The Labute approximate surface area is 196 Å². The predicted molar refractivity (Wildman–Crippen MR) is 125 cm³/mol. The van der Waals surface area contributed by atoms with Crippen LogP contribution in [0.2, 0.25) is 5.02 Å². The summed E-state index contributed by atoms with van der Waals surface area (Å²) in [7, 11) is 0. The summed E-state index contributed by atoms with van der Waals surface area (Å²) in [6.07, 6.45) is 6.65. The molecule has 3 heterocycles. The standard InChI is InChI=1S/C24H24ClN5O3/c25-17-8-9-21(26-15-17)28-10-12-29(13-11-28)23(32)16-4-3-5-18(14-16)30-24(33)20-7-2-1-6-19(20)22(31)27-30/h1-5,8-9,14-15,19-20H,6-7,10-13H2,(H,27,31). The second kappa shape index (κ2) is 8.86. The highest BCUT2D eigenvalue weighted by atomic mass is 35.5. The Morgan fingerprint density at radius 3 is 2.48 bits per heavy atom. The monoisotopic (exact) mass is 465 g/mol. The minimum Gasteiger partial charge on any atom is -0.353 e. The molecule has 3 amide bonds. The molecule has 2 fully saturated rings. The number of benzene rings is 1. The molecule has 2 aliphatic heterocycles. The number of halogens is 1. The van der Waals surface area contributed by atoms with Gasteiger partial charge in [0.25, 0.3) is 5.91 Å². The van der Waals surface area contributed by atoms with Gasteiger partial charge in [0.2, 0.25) is 11.8 Å². The number of anilines is 2. The zero-order valence-corrected chi connectivity index (χ0v) is 18.7. The second-order valence-corrected chi connectivity index (χ2v) is 8.91. The number of rotatable bonds is 3. The van der Waals surface area contributed by atoms with Gasteiger partial charge in [-0.25, -0.2) is 9.99 Å². The number of pyridine rings is 1. The van der Waals surface area contributed by atoms with Crippen LogP contribution in [-0.4, -0.2) is 53.8 Å². The van der Waals surface area contributed by atoms with E-state index in [-0.39, 0.29) is 29.6 Å². The zero-order valence-electron chi connectivity index (χ0n) is 18.0. The van der Waals surface area contributed by atoms with Crippen LogP contribution in [-0.2, 0) is 9.59 Å². The Hall–Kier alpha value is -3.39. The van der Waals surface area contributed by atoms with Gasteiger partial charge in [0.1, 0.15) is 5.82 Å². The topological polar surface area (TPSA) is 85.8 Å². The first kappa shape index (κ1) is 21.5. The van der Waals surface area contributed by atoms with Crippen molar-refractivity contribution in [2.24, 2.45) is 11.8 Å². The van der Waals surface area contributed by atoms with Gasteiger partial charge in [-0.15, -0.1) is 0 Å². The highest BCUT2D eigenvalue weighted by Crippen LogP contribution is 2.32. The Balaban J connectivity index is 1.28. The Kier molecular flexibility index (Phi) is 5.76. The summed E-state index contributed by atoms with van der Waals surface area (Å²) in [5, 5.41) is 1.88. The third kappa shape index (κ3) is 4.18. The molecule has 33 heavy (non-hydrogen) atoms. The minimum absolute atomic E-state index is 0.102. The molecular weight excluding hydrogens is 442 g/mol. The van der Waals surface area contributed by atoms with Crippen molar-refractivity contribution in [1.82, 2.24) is 15.3 Å². The molecule has 1 aliphatic carbocycles. The van der Waals surface area contributed by atoms with E-state index >= 15 is 0 Å². The molecule has 3 aliphatic rings. The molecule has 1 aromatic carbocycles. The van der Waals surface area contributed by atoms with Gasteiger partial charge in [0, 0.05) is 37.9 Å². The Bertz CT molecular complexity index is 1110. The number of fused-ring (bicyclic) bond motifs is 1. The fourth-order valence-corrected chi connectivity index (χ4v) is 4.75. The third-order valence-electron chi connectivity index (χ3n) is 6.48. The molecule has 5 rings (SSSR count). The first-order chi connectivity index (χ1) is 16.0. The van der Waals surface area contributed by atoms with Gasteiger partial charge in [-0.2, -0.15) is 0 Å². The van der Waals surface area contributed by atoms with Crippen LogP contribution in [0.3, 0.4) is 0 Å². The van der Waals surface area contributed by atoms with E-state index in [1.165, 1.54) is 5.01 Å². The lowest BCUT2D eigenvalue weighted by Crippen LogP contribution is -2.59. The third-order valence-corrected chi connectivity index (χ3v) is 6.71. The Morgan fingerprint density at radius 2 is 1.76 bits per heavy atom. The number of nitrogens with one attached hydrogen (secondary N) is 1. The fraction of sp³-hybridized carbons (Fsp3) is 0.333. The number of aromatic nitrogens is 1. The van der Waals surface area contributed by atoms with Crippen molar-refractivity contribution in [2.45, 2.75) is 12.8 Å². The molecule has 2 saturated heterocycles. The van der Waals surface area contributed by atoms with Gasteiger partial charge in [-0.05, 0) is 43.2 Å². The van der Waals surface area contributed by atoms with Crippen LogP contribution in [0, 0.1) is 11.8 Å². The molecule has 170 valence electrons. The summed E-state index contributed by atoms with van der Waals surface area (Å²) in [5.41, 5.74) is 3.70. The van der Waals surface area contributed by atoms with E-state index in [0.717, 1.165) is 5.82 Å². The molecule has 0 saturated carbocycles. The molecular formula is C24H24ClN5O3.